The van der Waals surface area contributed by atoms with E-state index in [2.05, 4.69) is 17.5 Å². The monoisotopic (exact) mass is 295 g/mol. The van der Waals surface area contributed by atoms with Gasteiger partial charge in [-0.2, -0.15) is 0 Å². The van der Waals surface area contributed by atoms with Crippen molar-refractivity contribution in [2.24, 2.45) is 5.92 Å². The summed E-state index contributed by atoms with van der Waals surface area (Å²) in [5.74, 6) is 1.33. The highest BCUT2D eigenvalue weighted by Gasteiger charge is 2.16. The van der Waals surface area contributed by atoms with E-state index in [0.717, 1.165) is 12.8 Å². The van der Waals surface area contributed by atoms with E-state index in [-0.39, 0.29) is 5.91 Å². The van der Waals surface area contributed by atoms with Gasteiger partial charge in [-0.3, -0.25) is 4.79 Å². The van der Waals surface area contributed by atoms with Gasteiger partial charge in [0.15, 0.2) is 0 Å². The number of carbonyl (C=O) groups is 1. The zero-order chi connectivity index (χ0) is 14.5. The van der Waals surface area contributed by atoms with Crippen LogP contribution in [0.5, 0.6) is 11.5 Å². The molecule has 0 heterocycles. The molecule has 1 aromatic rings. The lowest BCUT2D eigenvalue weighted by Gasteiger charge is -2.14. The van der Waals surface area contributed by atoms with Crippen molar-refractivity contribution in [1.29, 1.82) is 0 Å². The Hall–Kier alpha value is -1.68. The minimum Gasteiger partial charge on any atom is -0.495 e. The fourth-order valence-electron chi connectivity index (χ4n) is 2.26. The van der Waals surface area contributed by atoms with Gasteiger partial charge in [-0.25, -0.2) is 0 Å². The Morgan fingerprint density at radius 1 is 1.35 bits per heavy atom. The number of ether oxygens (including phenoxy) is 2. The van der Waals surface area contributed by atoms with Crippen LogP contribution < -0.4 is 14.8 Å². The second-order valence-corrected chi connectivity index (χ2v) is 5.11. The summed E-state index contributed by atoms with van der Waals surface area (Å²) < 4.78 is 10.4. The smallest absolute Gasteiger partial charge is 0.225 e. The lowest BCUT2D eigenvalue weighted by Crippen LogP contribution is -2.15. The fraction of sp³-hybridized carbons (Fsp3) is 0.400. The molecule has 1 N–H and O–H groups in total. The molecule has 1 atom stereocenters. The van der Waals surface area contributed by atoms with Crippen LogP contribution in [0.25, 0.3) is 0 Å². The summed E-state index contributed by atoms with van der Waals surface area (Å²) in [4.78, 5) is 12.0. The summed E-state index contributed by atoms with van der Waals surface area (Å²) in [5, 5.41) is 3.28. The third-order valence-electron chi connectivity index (χ3n) is 3.31. The summed E-state index contributed by atoms with van der Waals surface area (Å²) in [5.41, 5.74) is 0.560. The van der Waals surface area contributed by atoms with Crippen LogP contribution in [0.3, 0.4) is 0 Å². The molecule has 20 heavy (non-hydrogen) atoms. The number of benzene rings is 1. The lowest BCUT2D eigenvalue weighted by molar-refractivity contribution is -0.116. The van der Waals surface area contributed by atoms with Gasteiger partial charge in [-0.05, 0) is 24.8 Å². The van der Waals surface area contributed by atoms with E-state index in [9.17, 15) is 4.79 Å². The van der Waals surface area contributed by atoms with Gasteiger partial charge in [-0.1, -0.05) is 23.8 Å². The highest BCUT2D eigenvalue weighted by molar-refractivity contribution is 6.32. The van der Waals surface area contributed by atoms with Crippen molar-refractivity contribution in [2.75, 3.05) is 19.5 Å². The van der Waals surface area contributed by atoms with Crippen LogP contribution >= 0.6 is 11.6 Å². The molecule has 5 heteroatoms. The van der Waals surface area contributed by atoms with Crippen LogP contribution in [0.15, 0.2) is 24.3 Å². The zero-order valence-corrected chi connectivity index (χ0v) is 12.4. The first kappa shape index (κ1) is 14.7. The van der Waals surface area contributed by atoms with Gasteiger partial charge in [0.2, 0.25) is 5.91 Å². The Labute approximate surface area is 123 Å². The van der Waals surface area contributed by atoms with Crippen molar-refractivity contribution in [1.82, 2.24) is 0 Å². The van der Waals surface area contributed by atoms with E-state index in [1.165, 1.54) is 14.2 Å². The normalized spacial score (nSPS) is 17.1. The Morgan fingerprint density at radius 3 is 2.70 bits per heavy atom. The lowest BCUT2D eigenvalue weighted by atomic mass is 10.1. The third-order valence-corrected chi connectivity index (χ3v) is 3.60. The minimum atomic E-state index is -0.0407. The molecule has 0 spiro atoms. The molecule has 1 unspecified atom stereocenters. The van der Waals surface area contributed by atoms with Crippen LogP contribution in [-0.4, -0.2) is 20.1 Å². The molecule has 0 saturated heterocycles. The van der Waals surface area contributed by atoms with Crippen LogP contribution in [0, 0.1) is 5.92 Å². The second-order valence-electron chi connectivity index (χ2n) is 4.70. The number of halogens is 1. The molecule has 2 rings (SSSR count). The molecule has 0 saturated carbocycles. The van der Waals surface area contributed by atoms with Crippen molar-refractivity contribution in [3.05, 3.63) is 29.3 Å². The first-order valence-electron chi connectivity index (χ1n) is 6.52. The zero-order valence-electron chi connectivity index (χ0n) is 11.6. The summed E-state index contributed by atoms with van der Waals surface area (Å²) in [6, 6.07) is 3.30. The maximum atomic E-state index is 12.0. The van der Waals surface area contributed by atoms with Crippen molar-refractivity contribution >= 4 is 23.2 Å². The van der Waals surface area contributed by atoms with Crippen molar-refractivity contribution < 1.29 is 14.3 Å². The predicted octanol–water partition coefficient (Wildman–Crippen LogP) is 3.65. The molecule has 108 valence electrons. The summed E-state index contributed by atoms with van der Waals surface area (Å²) in [6.45, 7) is 0. The first-order valence-corrected chi connectivity index (χ1v) is 6.90. The van der Waals surface area contributed by atoms with Crippen LogP contribution in [0.4, 0.5) is 5.69 Å². The molecule has 0 aromatic heterocycles. The molecule has 0 radical (unpaired) electrons. The number of rotatable bonds is 5. The Morgan fingerprint density at radius 2 is 2.10 bits per heavy atom. The topological polar surface area (TPSA) is 47.6 Å². The molecular weight excluding hydrogens is 278 g/mol. The van der Waals surface area contributed by atoms with E-state index in [1.54, 1.807) is 12.1 Å². The molecule has 1 amide bonds. The van der Waals surface area contributed by atoms with Gasteiger partial charge >= 0.3 is 0 Å². The number of hydrogen-bond acceptors (Lipinski definition) is 3. The van der Waals surface area contributed by atoms with E-state index < -0.39 is 0 Å². The van der Waals surface area contributed by atoms with Gasteiger partial charge in [0, 0.05) is 12.5 Å². The largest absolute Gasteiger partial charge is 0.495 e. The SMILES string of the molecule is COc1cc(OC)c(NC(=O)CC2C=CCC2)cc1Cl. The molecule has 1 aromatic carbocycles. The van der Waals surface area contributed by atoms with Gasteiger partial charge in [0.25, 0.3) is 0 Å². The quantitative estimate of drug-likeness (QED) is 0.844. The summed E-state index contributed by atoms with van der Waals surface area (Å²) in [6.07, 6.45) is 6.77. The molecule has 0 bridgehead atoms. The minimum absolute atomic E-state index is 0.0407. The van der Waals surface area contributed by atoms with Gasteiger partial charge in [-0.15, -0.1) is 0 Å². The Kier molecular flexibility index (Phi) is 4.90. The first-order chi connectivity index (χ1) is 9.63. The standard InChI is InChI=1S/C15H18ClNO3/c1-19-13-9-14(20-2)12(8-11(13)16)17-15(18)7-10-5-3-4-6-10/h3,5,8-10H,4,6-7H2,1-2H3,(H,17,18). The molecule has 1 aliphatic carbocycles. The van der Waals surface area contributed by atoms with Crippen molar-refractivity contribution in [3.8, 4) is 11.5 Å². The van der Waals surface area contributed by atoms with Crippen molar-refractivity contribution in [2.45, 2.75) is 19.3 Å². The number of carbonyl (C=O) groups excluding carboxylic acids is 1. The maximum absolute atomic E-state index is 12.0. The Balaban J connectivity index is 2.09. The summed E-state index contributed by atoms with van der Waals surface area (Å²) >= 11 is 6.07. The molecule has 0 aliphatic heterocycles. The average Bonchev–Trinajstić information content (AvgIpc) is 2.91. The summed E-state index contributed by atoms with van der Waals surface area (Å²) in [7, 11) is 3.07. The fourth-order valence-corrected chi connectivity index (χ4v) is 2.50. The predicted molar refractivity (Wildman–Crippen MR) is 79.7 cm³/mol. The number of hydrogen-bond donors (Lipinski definition) is 1. The van der Waals surface area contributed by atoms with Crippen LogP contribution in [0.2, 0.25) is 5.02 Å². The van der Waals surface area contributed by atoms with Crippen LogP contribution in [-0.2, 0) is 4.79 Å². The molecule has 1 aliphatic rings. The van der Waals surface area contributed by atoms with Crippen molar-refractivity contribution in [3.63, 3.8) is 0 Å². The number of allylic oxidation sites excluding steroid dienone is 2. The highest BCUT2D eigenvalue weighted by Crippen LogP contribution is 2.36. The van der Waals surface area contributed by atoms with E-state index >= 15 is 0 Å². The highest BCUT2D eigenvalue weighted by atomic mass is 35.5. The van der Waals surface area contributed by atoms with Gasteiger partial charge in [0.05, 0.1) is 24.9 Å². The molecular formula is C15H18ClNO3. The number of anilines is 1. The number of amides is 1. The number of methoxy groups -OCH3 is 2. The second kappa shape index (κ2) is 6.66. The average molecular weight is 296 g/mol. The van der Waals surface area contributed by atoms with E-state index in [0.29, 0.717) is 34.5 Å². The number of nitrogens with one attached hydrogen (secondary N) is 1. The third kappa shape index (κ3) is 3.45. The van der Waals surface area contributed by atoms with E-state index in [4.69, 9.17) is 21.1 Å². The molecule has 4 nitrogen and oxygen atoms in total. The molecule has 0 fully saturated rings. The van der Waals surface area contributed by atoms with Gasteiger partial charge in [0.1, 0.15) is 11.5 Å². The van der Waals surface area contributed by atoms with Gasteiger partial charge < -0.3 is 14.8 Å². The maximum Gasteiger partial charge on any atom is 0.225 e. The van der Waals surface area contributed by atoms with E-state index in [1.807, 2.05) is 0 Å². The Bertz CT molecular complexity index is 528. The van der Waals surface area contributed by atoms with Crippen LogP contribution in [0.1, 0.15) is 19.3 Å².